The number of hydrogen-bond acceptors (Lipinski definition) is 5. The van der Waals surface area contributed by atoms with Crippen molar-refractivity contribution < 1.29 is 17.9 Å². The third-order valence-electron chi connectivity index (χ3n) is 5.15. The molecular formula is C23H21N3O4S. The Morgan fingerprint density at radius 3 is 2.65 bits per heavy atom. The van der Waals surface area contributed by atoms with E-state index in [2.05, 4.69) is 4.72 Å². The molecule has 8 heteroatoms. The molecule has 0 spiro atoms. The first-order valence-electron chi connectivity index (χ1n) is 9.97. The van der Waals surface area contributed by atoms with Crippen LogP contribution in [0.25, 0.3) is 16.9 Å². The molecule has 0 saturated heterocycles. The van der Waals surface area contributed by atoms with Gasteiger partial charge in [0, 0.05) is 30.4 Å². The topological polar surface area (TPSA) is 81.9 Å². The van der Waals surface area contributed by atoms with Crippen molar-refractivity contribution in [1.82, 2.24) is 9.38 Å². The molecule has 0 unspecified atom stereocenters. The van der Waals surface area contributed by atoms with Crippen molar-refractivity contribution in [2.45, 2.75) is 18.2 Å². The predicted octanol–water partition coefficient (Wildman–Crippen LogP) is 4.27. The lowest BCUT2D eigenvalue weighted by Crippen LogP contribution is -2.14. The number of fused-ring (bicyclic) bond motifs is 2. The van der Waals surface area contributed by atoms with Crippen LogP contribution < -0.4 is 14.2 Å². The summed E-state index contributed by atoms with van der Waals surface area (Å²) in [6.45, 7) is 3.02. The maximum Gasteiger partial charge on any atom is 0.262 e. The average Bonchev–Trinajstić information content (AvgIpc) is 3.06. The molecule has 31 heavy (non-hydrogen) atoms. The maximum atomic E-state index is 13.2. The van der Waals surface area contributed by atoms with E-state index in [1.165, 1.54) is 12.1 Å². The highest BCUT2D eigenvalue weighted by atomic mass is 32.2. The number of aryl methyl sites for hydroxylation is 1. The predicted molar refractivity (Wildman–Crippen MR) is 118 cm³/mol. The third-order valence-corrected chi connectivity index (χ3v) is 6.52. The van der Waals surface area contributed by atoms with Gasteiger partial charge in [0.1, 0.15) is 5.65 Å². The Balaban J connectivity index is 1.52. The van der Waals surface area contributed by atoms with Gasteiger partial charge in [-0.15, -0.1) is 0 Å². The van der Waals surface area contributed by atoms with Crippen molar-refractivity contribution in [3.05, 3.63) is 72.6 Å². The number of hydrogen-bond donors (Lipinski definition) is 1. The van der Waals surface area contributed by atoms with Crippen LogP contribution in [-0.2, 0) is 10.0 Å². The zero-order chi connectivity index (χ0) is 21.4. The molecule has 2 aromatic carbocycles. The summed E-state index contributed by atoms with van der Waals surface area (Å²) < 4.78 is 42.2. The Morgan fingerprint density at radius 2 is 1.81 bits per heavy atom. The van der Waals surface area contributed by atoms with Gasteiger partial charge >= 0.3 is 0 Å². The first-order valence-corrected chi connectivity index (χ1v) is 11.5. The van der Waals surface area contributed by atoms with Gasteiger partial charge in [0.25, 0.3) is 10.0 Å². The Morgan fingerprint density at radius 1 is 1.00 bits per heavy atom. The number of anilines is 1. The Bertz CT molecular complexity index is 1380. The molecule has 1 aliphatic rings. The van der Waals surface area contributed by atoms with Crippen LogP contribution in [0.4, 0.5) is 5.69 Å². The van der Waals surface area contributed by atoms with Crippen molar-refractivity contribution in [2.24, 2.45) is 0 Å². The van der Waals surface area contributed by atoms with E-state index < -0.39 is 10.0 Å². The molecular weight excluding hydrogens is 414 g/mol. The number of nitrogens with zero attached hydrogens (tertiary/aromatic N) is 2. The van der Waals surface area contributed by atoms with E-state index >= 15 is 0 Å². The van der Waals surface area contributed by atoms with E-state index in [1.807, 2.05) is 48.0 Å². The molecule has 158 valence electrons. The summed E-state index contributed by atoms with van der Waals surface area (Å²) in [5, 5.41) is 0. The van der Waals surface area contributed by atoms with Gasteiger partial charge in [-0.25, -0.2) is 13.4 Å². The van der Waals surface area contributed by atoms with Gasteiger partial charge in [0.05, 0.1) is 29.5 Å². The van der Waals surface area contributed by atoms with E-state index in [9.17, 15) is 8.42 Å². The van der Waals surface area contributed by atoms with Crippen LogP contribution >= 0.6 is 0 Å². The fourth-order valence-electron chi connectivity index (χ4n) is 3.59. The summed E-state index contributed by atoms with van der Waals surface area (Å²) >= 11 is 0. The molecule has 4 aromatic rings. The first-order chi connectivity index (χ1) is 15.0. The van der Waals surface area contributed by atoms with E-state index in [-0.39, 0.29) is 4.90 Å². The van der Waals surface area contributed by atoms with Gasteiger partial charge in [-0.2, -0.15) is 0 Å². The molecule has 0 radical (unpaired) electrons. The van der Waals surface area contributed by atoms with Crippen molar-refractivity contribution in [2.75, 3.05) is 17.9 Å². The summed E-state index contributed by atoms with van der Waals surface area (Å²) in [6, 6.07) is 15.8. The highest BCUT2D eigenvalue weighted by Crippen LogP contribution is 2.34. The Hall–Kier alpha value is -3.52. The minimum absolute atomic E-state index is 0.109. The fraction of sp³-hybridized carbons (Fsp3) is 0.174. The second-order valence-electron chi connectivity index (χ2n) is 7.36. The lowest BCUT2D eigenvalue weighted by Gasteiger charge is -2.13. The van der Waals surface area contributed by atoms with Crippen LogP contribution in [0.1, 0.15) is 12.0 Å². The summed E-state index contributed by atoms with van der Waals surface area (Å²) in [7, 11) is -3.85. The number of ether oxygens (including phenoxy) is 2. The van der Waals surface area contributed by atoms with Crippen LogP contribution in [0.5, 0.6) is 11.5 Å². The third kappa shape index (κ3) is 3.70. The van der Waals surface area contributed by atoms with Gasteiger partial charge in [0.15, 0.2) is 11.5 Å². The van der Waals surface area contributed by atoms with E-state index in [4.69, 9.17) is 14.5 Å². The number of rotatable bonds is 4. The van der Waals surface area contributed by atoms with Crippen LogP contribution in [0.3, 0.4) is 0 Å². The molecule has 1 N–H and O–H groups in total. The lowest BCUT2D eigenvalue weighted by molar-refractivity contribution is 0.297. The largest absolute Gasteiger partial charge is 0.490 e. The second-order valence-corrected chi connectivity index (χ2v) is 9.04. The SMILES string of the molecule is Cc1cccn2cc(-c3ccccc3NS(=O)(=O)c3ccc4c(c3)OCCCO4)nc12. The summed E-state index contributed by atoms with van der Waals surface area (Å²) in [5.74, 6) is 0.987. The molecule has 2 aromatic heterocycles. The molecule has 0 fully saturated rings. The number of para-hydroxylation sites is 1. The normalized spacial score (nSPS) is 13.7. The first kappa shape index (κ1) is 19.4. The summed E-state index contributed by atoms with van der Waals surface area (Å²) in [6.07, 6.45) is 4.56. The molecule has 1 aliphatic heterocycles. The number of pyridine rings is 1. The molecule has 0 saturated carbocycles. The monoisotopic (exact) mass is 435 g/mol. The summed E-state index contributed by atoms with van der Waals surface area (Å²) in [4.78, 5) is 4.81. The second kappa shape index (κ2) is 7.63. The maximum absolute atomic E-state index is 13.2. The average molecular weight is 436 g/mol. The van der Waals surface area contributed by atoms with Crippen LogP contribution in [0.2, 0.25) is 0 Å². The lowest BCUT2D eigenvalue weighted by atomic mass is 10.1. The van der Waals surface area contributed by atoms with E-state index in [0.717, 1.165) is 17.6 Å². The number of imidazole rings is 1. The van der Waals surface area contributed by atoms with E-state index in [1.54, 1.807) is 18.2 Å². The van der Waals surface area contributed by atoms with Gasteiger partial charge in [-0.05, 0) is 36.8 Å². The molecule has 3 heterocycles. The molecule has 0 aliphatic carbocycles. The van der Waals surface area contributed by atoms with Crippen molar-refractivity contribution in [1.29, 1.82) is 0 Å². The van der Waals surface area contributed by atoms with Crippen LogP contribution in [0, 0.1) is 6.92 Å². The molecule has 0 bridgehead atoms. The van der Waals surface area contributed by atoms with Gasteiger partial charge in [0.2, 0.25) is 0 Å². The van der Waals surface area contributed by atoms with Crippen molar-refractivity contribution >= 4 is 21.4 Å². The van der Waals surface area contributed by atoms with Crippen molar-refractivity contribution in [3.8, 4) is 22.8 Å². The highest BCUT2D eigenvalue weighted by molar-refractivity contribution is 7.92. The number of sulfonamides is 1. The van der Waals surface area contributed by atoms with Gasteiger partial charge in [-0.3, -0.25) is 4.72 Å². The summed E-state index contributed by atoms with van der Waals surface area (Å²) in [5.41, 5.74) is 3.71. The fourth-order valence-corrected chi connectivity index (χ4v) is 4.69. The van der Waals surface area contributed by atoms with E-state index in [0.29, 0.717) is 41.7 Å². The van der Waals surface area contributed by atoms with Crippen LogP contribution in [-0.4, -0.2) is 31.0 Å². The Labute approximate surface area is 180 Å². The Kier molecular flexibility index (Phi) is 4.78. The number of aromatic nitrogens is 2. The standard InChI is InChI=1S/C23H21N3O4S/c1-16-6-4-11-26-15-20(24-23(16)26)18-7-2-3-8-19(18)25-31(27,28)17-9-10-21-22(14-17)30-13-5-12-29-21/h2-4,6-11,14-15,25H,5,12-13H2,1H3. The molecule has 7 nitrogen and oxygen atoms in total. The zero-order valence-corrected chi connectivity index (χ0v) is 17.7. The molecule has 0 amide bonds. The number of benzene rings is 2. The minimum Gasteiger partial charge on any atom is -0.490 e. The molecule has 0 atom stereocenters. The zero-order valence-electron chi connectivity index (χ0n) is 16.9. The van der Waals surface area contributed by atoms with Gasteiger partial charge in [-0.1, -0.05) is 24.3 Å². The highest BCUT2D eigenvalue weighted by Gasteiger charge is 2.21. The van der Waals surface area contributed by atoms with Crippen molar-refractivity contribution in [3.63, 3.8) is 0 Å². The van der Waals surface area contributed by atoms with Gasteiger partial charge < -0.3 is 13.9 Å². The minimum atomic E-state index is -3.85. The smallest absolute Gasteiger partial charge is 0.262 e. The quantitative estimate of drug-likeness (QED) is 0.518. The molecule has 5 rings (SSSR count). The number of nitrogens with one attached hydrogen (secondary N) is 1. The van der Waals surface area contributed by atoms with Crippen LogP contribution in [0.15, 0.2) is 71.9 Å².